The van der Waals surface area contributed by atoms with Gasteiger partial charge in [-0.3, -0.25) is 9.97 Å². The summed E-state index contributed by atoms with van der Waals surface area (Å²) in [5.74, 6) is 0.761. The number of hydrogen-bond acceptors (Lipinski definition) is 4. The summed E-state index contributed by atoms with van der Waals surface area (Å²) >= 11 is 6.24. The Hall–Kier alpha value is -1.65. The van der Waals surface area contributed by atoms with Crippen molar-refractivity contribution in [2.75, 3.05) is 24.5 Å². The lowest BCUT2D eigenvalue weighted by atomic mass is 9.99. The van der Waals surface area contributed by atoms with E-state index in [4.69, 9.17) is 11.6 Å². The SMILES string of the molecule is Clc1cnccc1-c1cncc(N2CC3CNC(C3)C2)c1. The molecule has 2 aromatic rings. The maximum Gasteiger partial charge on any atom is 0.0668 e. The summed E-state index contributed by atoms with van der Waals surface area (Å²) < 4.78 is 0. The van der Waals surface area contributed by atoms with E-state index in [1.54, 1.807) is 12.4 Å². The summed E-state index contributed by atoms with van der Waals surface area (Å²) in [5, 5.41) is 4.25. The lowest BCUT2D eigenvalue weighted by Crippen LogP contribution is -2.41. The molecule has 2 fully saturated rings. The standard InChI is InChI=1S/C16H17ClN4/c17-16-8-18-2-1-15(16)12-4-14(7-19-6-12)21-9-11-3-13(10-21)20-5-11/h1-2,4,6-8,11,13,20H,3,5,9-10H2. The summed E-state index contributed by atoms with van der Waals surface area (Å²) in [6, 6.07) is 4.74. The highest BCUT2D eigenvalue weighted by Crippen LogP contribution is 2.31. The van der Waals surface area contributed by atoms with Gasteiger partial charge in [0.25, 0.3) is 0 Å². The van der Waals surface area contributed by atoms with Gasteiger partial charge in [-0.05, 0) is 24.5 Å². The Kier molecular flexibility index (Phi) is 3.28. The second-order valence-electron chi connectivity index (χ2n) is 5.90. The van der Waals surface area contributed by atoms with Gasteiger partial charge in [-0.15, -0.1) is 0 Å². The van der Waals surface area contributed by atoms with Crippen molar-refractivity contribution < 1.29 is 0 Å². The molecule has 4 nitrogen and oxygen atoms in total. The smallest absolute Gasteiger partial charge is 0.0668 e. The number of pyridine rings is 2. The maximum atomic E-state index is 6.24. The third kappa shape index (κ3) is 2.49. The molecule has 2 aromatic heterocycles. The van der Waals surface area contributed by atoms with Crippen LogP contribution in [-0.4, -0.2) is 35.6 Å². The Balaban J connectivity index is 1.66. The molecule has 1 N–H and O–H groups in total. The first-order valence-electron chi connectivity index (χ1n) is 7.33. The second-order valence-corrected chi connectivity index (χ2v) is 6.31. The Bertz CT molecular complexity index is 648. The molecule has 0 saturated carbocycles. The summed E-state index contributed by atoms with van der Waals surface area (Å²) in [6.07, 6.45) is 8.55. The van der Waals surface area contributed by atoms with Gasteiger partial charge in [-0.2, -0.15) is 0 Å². The van der Waals surface area contributed by atoms with Gasteiger partial charge in [-0.1, -0.05) is 11.6 Å². The lowest BCUT2D eigenvalue weighted by molar-refractivity contribution is 0.474. The van der Waals surface area contributed by atoms with E-state index in [1.807, 2.05) is 18.5 Å². The van der Waals surface area contributed by atoms with Gasteiger partial charge in [0, 0.05) is 55.4 Å². The summed E-state index contributed by atoms with van der Waals surface area (Å²) in [6.45, 7) is 3.31. The topological polar surface area (TPSA) is 41.1 Å². The molecule has 0 aromatic carbocycles. The Morgan fingerprint density at radius 2 is 2.14 bits per heavy atom. The van der Waals surface area contributed by atoms with E-state index in [2.05, 4.69) is 26.3 Å². The van der Waals surface area contributed by atoms with Crippen molar-refractivity contribution >= 4 is 17.3 Å². The quantitative estimate of drug-likeness (QED) is 0.925. The average molecular weight is 301 g/mol. The molecule has 2 aliphatic rings. The molecule has 5 heteroatoms. The number of piperidine rings is 1. The highest BCUT2D eigenvalue weighted by atomic mass is 35.5. The number of hydrogen-bond donors (Lipinski definition) is 1. The summed E-state index contributed by atoms with van der Waals surface area (Å²) in [7, 11) is 0. The van der Waals surface area contributed by atoms with Crippen LogP contribution in [0.1, 0.15) is 6.42 Å². The van der Waals surface area contributed by atoms with Crippen molar-refractivity contribution in [2.45, 2.75) is 12.5 Å². The zero-order valence-corrected chi connectivity index (χ0v) is 12.4. The van der Waals surface area contributed by atoms with Crippen LogP contribution in [0.15, 0.2) is 36.9 Å². The number of aromatic nitrogens is 2. The second kappa shape index (κ2) is 5.28. The normalized spacial score (nSPS) is 24.3. The molecular formula is C16H17ClN4. The molecule has 2 unspecified atom stereocenters. The largest absolute Gasteiger partial charge is 0.368 e. The first-order chi connectivity index (χ1) is 10.3. The predicted octanol–water partition coefficient (Wildman–Crippen LogP) is 2.60. The van der Waals surface area contributed by atoms with Crippen LogP contribution < -0.4 is 10.2 Å². The summed E-state index contributed by atoms with van der Waals surface area (Å²) in [5.41, 5.74) is 3.21. The zero-order valence-electron chi connectivity index (χ0n) is 11.7. The lowest BCUT2D eigenvalue weighted by Gasteiger charge is -2.32. The molecule has 21 heavy (non-hydrogen) atoms. The van der Waals surface area contributed by atoms with Gasteiger partial charge in [0.1, 0.15) is 0 Å². The molecule has 4 heterocycles. The number of anilines is 1. The van der Waals surface area contributed by atoms with E-state index >= 15 is 0 Å². The van der Waals surface area contributed by atoms with Crippen LogP contribution in [0.4, 0.5) is 5.69 Å². The van der Waals surface area contributed by atoms with Crippen LogP contribution in [0.25, 0.3) is 11.1 Å². The molecule has 0 aliphatic carbocycles. The molecule has 2 aliphatic heterocycles. The van der Waals surface area contributed by atoms with Crippen molar-refractivity contribution in [3.8, 4) is 11.1 Å². The minimum Gasteiger partial charge on any atom is -0.368 e. The van der Waals surface area contributed by atoms with Gasteiger partial charge < -0.3 is 10.2 Å². The molecule has 2 bridgehead atoms. The van der Waals surface area contributed by atoms with Crippen molar-refractivity contribution in [2.24, 2.45) is 5.92 Å². The van der Waals surface area contributed by atoms with Gasteiger partial charge in [0.2, 0.25) is 0 Å². The van der Waals surface area contributed by atoms with E-state index in [9.17, 15) is 0 Å². The first kappa shape index (κ1) is 13.0. The number of halogens is 1. The number of nitrogens with zero attached hydrogens (tertiary/aromatic N) is 3. The van der Waals surface area contributed by atoms with E-state index < -0.39 is 0 Å². The molecular weight excluding hydrogens is 284 g/mol. The molecule has 4 rings (SSSR count). The fourth-order valence-electron chi connectivity index (χ4n) is 3.40. The van der Waals surface area contributed by atoms with Crippen molar-refractivity contribution in [3.63, 3.8) is 0 Å². The molecule has 2 atom stereocenters. The van der Waals surface area contributed by atoms with E-state index in [0.29, 0.717) is 11.1 Å². The van der Waals surface area contributed by atoms with Crippen LogP contribution in [-0.2, 0) is 0 Å². The fourth-order valence-corrected chi connectivity index (χ4v) is 3.63. The first-order valence-corrected chi connectivity index (χ1v) is 7.70. The average Bonchev–Trinajstić information content (AvgIpc) is 2.86. The van der Waals surface area contributed by atoms with Gasteiger partial charge in [0.05, 0.1) is 16.9 Å². The predicted molar refractivity (Wildman–Crippen MR) is 84.6 cm³/mol. The third-order valence-corrected chi connectivity index (χ3v) is 4.71. The van der Waals surface area contributed by atoms with E-state index in [0.717, 1.165) is 36.7 Å². The van der Waals surface area contributed by atoms with Crippen LogP contribution >= 0.6 is 11.6 Å². The van der Waals surface area contributed by atoms with Crippen LogP contribution in [0.2, 0.25) is 5.02 Å². The van der Waals surface area contributed by atoms with E-state index in [1.165, 1.54) is 12.1 Å². The van der Waals surface area contributed by atoms with Crippen molar-refractivity contribution in [1.29, 1.82) is 0 Å². The number of fused-ring (bicyclic) bond motifs is 2. The Labute approximate surface area is 129 Å². The number of rotatable bonds is 2. The highest BCUT2D eigenvalue weighted by Gasteiger charge is 2.32. The Morgan fingerprint density at radius 3 is 3.00 bits per heavy atom. The zero-order chi connectivity index (χ0) is 14.2. The highest BCUT2D eigenvalue weighted by molar-refractivity contribution is 6.33. The third-order valence-electron chi connectivity index (χ3n) is 4.40. The molecule has 0 radical (unpaired) electrons. The Morgan fingerprint density at radius 1 is 1.19 bits per heavy atom. The minimum atomic E-state index is 0.622. The fraction of sp³-hybridized carbons (Fsp3) is 0.375. The van der Waals surface area contributed by atoms with Crippen molar-refractivity contribution in [3.05, 3.63) is 41.9 Å². The summed E-state index contributed by atoms with van der Waals surface area (Å²) in [4.78, 5) is 10.9. The molecule has 0 spiro atoms. The van der Waals surface area contributed by atoms with Gasteiger partial charge in [0.15, 0.2) is 0 Å². The van der Waals surface area contributed by atoms with Gasteiger partial charge >= 0.3 is 0 Å². The van der Waals surface area contributed by atoms with E-state index in [-0.39, 0.29) is 0 Å². The van der Waals surface area contributed by atoms with Crippen molar-refractivity contribution in [1.82, 2.24) is 15.3 Å². The number of nitrogens with one attached hydrogen (secondary N) is 1. The van der Waals surface area contributed by atoms with Gasteiger partial charge in [-0.25, -0.2) is 0 Å². The maximum absolute atomic E-state index is 6.24. The monoisotopic (exact) mass is 300 g/mol. The molecule has 108 valence electrons. The molecule has 2 saturated heterocycles. The molecule has 0 amide bonds. The minimum absolute atomic E-state index is 0.622. The van der Waals surface area contributed by atoms with Crippen LogP contribution in [0.5, 0.6) is 0 Å². The van der Waals surface area contributed by atoms with Crippen LogP contribution in [0, 0.1) is 5.92 Å². The van der Waals surface area contributed by atoms with Crippen LogP contribution in [0.3, 0.4) is 0 Å².